The van der Waals surface area contributed by atoms with Crippen LogP contribution in [0.4, 0.5) is 5.95 Å². The van der Waals surface area contributed by atoms with Crippen molar-refractivity contribution in [1.29, 1.82) is 0 Å². The van der Waals surface area contributed by atoms with Crippen LogP contribution in [0.5, 0.6) is 23.0 Å². The van der Waals surface area contributed by atoms with Gasteiger partial charge in [0.05, 0.1) is 46.4 Å². The molecule has 3 rings (SSSR count). The van der Waals surface area contributed by atoms with Crippen molar-refractivity contribution >= 4 is 5.95 Å². The fourth-order valence-corrected chi connectivity index (χ4v) is 3.46. The summed E-state index contributed by atoms with van der Waals surface area (Å²) in [5.41, 5.74) is 3.03. The lowest BCUT2D eigenvalue weighted by Crippen LogP contribution is -2.12. The van der Waals surface area contributed by atoms with Crippen LogP contribution in [-0.4, -0.2) is 51.2 Å². The van der Waals surface area contributed by atoms with Crippen molar-refractivity contribution in [3.63, 3.8) is 0 Å². The molecular formula is C24H31N3O5. The van der Waals surface area contributed by atoms with E-state index in [2.05, 4.69) is 14.9 Å². The van der Waals surface area contributed by atoms with Crippen molar-refractivity contribution in [2.45, 2.75) is 20.0 Å². The molecular weight excluding hydrogens is 410 g/mol. The first kappa shape index (κ1) is 23.3. The van der Waals surface area contributed by atoms with E-state index in [1.54, 1.807) is 28.4 Å². The molecule has 0 bridgehead atoms. The molecule has 0 aliphatic rings. The quantitative estimate of drug-likeness (QED) is 0.451. The van der Waals surface area contributed by atoms with E-state index in [-0.39, 0.29) is 0 Å². The topological polar surface area (TPSA) is 76.0 Å². The lowest BCUT2D eigenvalue weighted by atomic mass is 10.1. The number of aromatic nitrogens is 2. The summed E-state index contributed by atoms with van der Waals surface area (Å²) in [6.07, 6.45) is 1.86. The van der Waals surface area contributed by atoms with E-state index in [0.717, 1.165) is 28.5 Å². The molecule has 0 fully saturated rings. The first-order valence-corrected chi connectivity index (χ1v) is 10.5. The molecule has 172 valence electrons. The van der Waals surface area contributed by atoms with Crippen LogP contribution >= 0.6 is 0 Å². The van der Waals surface area contributed by atoms with Gasteiger partial charge in [0.15, 0.2) is 11.5 Å². The molecule has 0 aliphatic carbocycles. The third-order valence-electron chi connectivity index (χ3n) is 5.01. The first-order chi connectivity index (χ1) is 15.6. The van der Waals surface area contributed by atoms with Crippen molar-refractivity contribution in [1.82, 2.24) is 9.55 Å². The molecule has 1 heterocycles. The van der Waals surface area contributed by atoms with Crippen molar-refractivity contribution in [2.75, 3.05) is 47.0 Å². The van der Waals surface area contributed by atoms with Crippen LogP contribution in [0.1, 0.15) is 12.5 Å². The second-order valence-electron chi connectivity index (χ2n) is 6.96. The highest BCUT2D eigenvalue weighted by atomic mass is 16.5. The van der Waals surface area contributed by atoms with Gasteiger partial charge in [0.25, 0.3) is 0 Å². The van der Waals surface area contributed by atoms with E-state index in [0.29, 0.717) is 43.6 Å². The Morgan fingerprint density at radius 2 is 1.62 bits per heavy atom. The number of rotatable bonds is 12. The van der Waals surface area contributed by atoms with Gasteiger partial charge in [-0.25, -0.2) is 4.98 Å². The molecule has 8 heteroatoms. The summed E-state index contributed by atoms with van der Waals surface area (Å²) in [5, 5.41) is 3.42. The van der Waals surface area contributed by atoms with E-state index in [4.69, 9.17) is 23.7 Å². The summed E-state index contributed by atoms with van der Waals surface area (Å²) in [6, 6.07) is 11.8. The van der Waals surface area contributed by atoms with Crippen LogP contribution in [0.3, 0.4) is 0 Å². The monoisotopic (exact) mass is 441 g/mol. The van der Waals surface area contributed by atoms with E-state index in [1.807, 2.05) is 49.5 Å². The number of methoxy groups -OCH3 is 4. The predicted molar refractivity (Wildman–Crippen MR) is 124 cm³/mol. The minimum absolute atomic E-state index is 0.531. The van der Waals surface area contributed by atoms with Crippen LogP contribution < -0.4 is 24.3 Å². The van der Waals surface area contributed by atoms with Crippen LogP contribution in [0.15, 0.2) is 42.6 Å². The average Bonchev–Trinajstić information content (AvgIpc) is 3.23. The zero-order valence-electron chi connectivity index (χ0n) is 19.3. The van der Waals surface area contributed by atoms with Crippen LogP contribution in [-0.2, 0) is 17.8 Å². The molecule has 0 unspecified atom stereocenters. The standard InChI is InChI=1S/C24H31N3O5/c1-6-32-19-9-7-18(8-10-19)20-16-26-24(27(20)11-12-28-2)25-15-17-13-21(29-3)23(31-5)22(14-17)30-4/h7-10,13-14,16H,6,11-12,15H2,1-5H3,(H,25,26). The number of hydrogen-bond acceptors (Lipinski definition) is 7. The van der Waals surface area contributed by atoms with Crippen LogP contribution in [0.2, 0.25) is 0 Å². The molecule has 0 spiro atoms. The number of benzene rings is 2. The van der Waals surface area contributed by atoms with E-state index in [9.17, 15) is 0 Å². The maximum absolute atomic E-state index is 5.55. The summed E-state index contributed by atoms with van der Waals surface area (Å²) in [5.74, 6) is 3.39. The summed E-state index contributed by atoms with van der Waals surface area (Å²) in [6.45, 7) is 4.37. The van der Waals surface area contributed by atoms with Crippen LogP contribution in [0, 0.1) is 0 Å². The summed E-state index contributed by atoms with van der Waals surface area (Å²) < 4.78 is 29.3. The second kappa shape index (κ2) is 11.3. The van der Waals surface area contributed by atoms with Gasteiger partial charge >= 0.3 is 0 Å². The molecule has 32 heavy (non-hydrogen) atoms. The van der Waals surface area contributed by atoms with Gasteiger partial charge in [0.1, 0.15) is 5.75 Å². The van der Waals surface area contributed by atoms with Gasteiger partial charge in [-0.3, -0.25) is 0 Å². The smallest absolute Gasteiger partial charge is 0.203 e. The Labute approximate surface area is 189 Å². The fourth-order valence-electron chi connectivity index (χ4n) is 3.46. The Kier molecular flexibility index (Phi) is 8.21. The minimum atomic E-state index is 0.531. The number of hydrogen-bond donors (Lipinski definition) is 1. The average molecular weight is 442 g/mol. The molecule has 0 aliphatic heterocycles. The lowest BCUT2D eigenvalue weighted by molar-refractivity contribution is 0.188. The molecule has 3 aromatic rings. The summed E-state index contributed by atoms with van der Waals surface area (Å²) >= 11 is 0. The third-order valence-corrected chi connectivity index (χ3v) is 5.01. The Morgan fingerprint density at radius 1 is 0.938 bits per heavy atom. The molecule has 2 aromatic carbocycles. The zero-order chi connectivity index (χ0) is 22.9. The third kappa shape index (κ3) is 5.26. The molecule has 1 N–H and O–H groups in total. The number of ether oxygens (including phenoxy) is 5. The Morgan fingerprint density at radius 3 is 2.19 bits per heavy atom. The molecule has 1 aromatic heterocycles. The molecule has 0 radical (unpaired) electrons. The van der Waals surface area contributed by atoms with Gasteiger partial charge in [-0.05, 0) is 48.9 Å². The van der Waals surface area contributed by atoms with E-state index in [1.165, 1.54) is 0 Å². The highest BCUT2D eigenvalue weighted by Crippen LogP contribution is 2.38. The Hall–Kier alpha value is -3.39. The molecule has 0 saturated carbocycles. The fraction of sp³-hybridized carbons (Fsp3) is 0.375. The number of imidazole rings is 1. The number of nitrogens with one attached hydrogen (secondary N) is 1. The van der Waals surface area contributed by atoms with E-state index < -0.39 is 0 Å². The minimum Gasteiger partial charge on any atom is -0.494 e. The van der Waals surface area contributed by atoms with Crippen molar-refractivity contribution in [3.05, 3.63) is 48.2 Å². The molecule has 0 amide bonds. The maximum atomic E-state index is 5.55. The van der Waals surface area contributed by atoms with Crippen LogP contribution in [0.25, 0.3) is 11.3 Å². The second-order valence-corrected chi connectivity index (χ2v) is 6.96. The van der Waals surface area contributed by atoms with Gasteiger partial charge in [-0.15, -0.1) is 0 Å². The van der Waals surface area contributed by atoms with Gasteiger partial charge in [-0.1, -0.05) is 0 Å². The highest BCUT2D eigenvalue weighted by Gasteiger charge is 2.15. The van der Waals surface area contributed by atoms with E-state index >= 15 is 0 Å². The number of anilines is 1. The normalized spacial score (nSPS) is 10.7. The Bertz CT molecular complexity index is 976. The zero-order valence-corrected chi connectivity index (χ0v) is 19.3. The molecule has 0 saturated heterocycles. The van der Waals surface area contributed by atoms with Crippen molar-refractivity contribution in [3.8, 4) is 34.3 Å². The van der Waals surface area contributed by atoms with Gasteiger partial charge in [0, 0.05) is 25.8 Å². The Balaban J connectivity index is 1.85. The van der Waals surface area contributed by atoms with Crippen molar-refractivity contribution < 1.29 is 23.7 Å². The SMILES string of the molecule is CCOc1ccc(-c2cnc(NCc3cc(OC)c(OC)c(OC)c3)n2CCOC)cc1. The number of nitrogens with zero attached hydrogens (tertiary/aromatic N) is 2. The highest BCUT2D eigenvalue weighted by molar-refractivity contribution is 5.63. The first-order valence-electron chi connectivity index (χ1n) is 10.5. The largest absolute Gasteiger partial charge is 0.494 e. The summed E-state index contributed by atoms with van der Waals surface area (Å²) in [4.78, 5) is 4.62. The maximum Gasteiger partial charge on any atom is 0.203 e. The van der Waals surface area contributed by atoms with Gasteiger partial charge in [-0.2, -0.15) is 0 Å². The summed E-state index contributed by atoms with van der Waals surface area (Å²) in [7, 11) is 6.49. The van der Waals surface area contributed by atoms with Gasteiger partial charge in [0.2, 0.25) is 11.7 Å². The predicted octanol–water partition coefficient (Wildman–Crippen LogP) is 4.23. The lowest BCUT2D eigenvalue weighted by Gasteiger charge is -2.16. The molecule has 8 nitrogen and oxygen atoms in total. The molecule has 0 atom stereocenters. The van der Waals surface area contributed by atoms with Crippen molar-refractivity contribution in [2.24, 2.45) is 0 Å². The van der Waals surface area contributed by atoms with Gasteiger partial charge < -0.3 is 33.6 Å².